The third-order valence-electron chi connectivity index (χ3n) is 5.04. The van der Waals surface area contributed by atoms with E-state index in [0.29, 0.717) is 31.3 Å². The number of carbonyl (C=O) groups excluding carboxylic acids is 1. The lowest BCUT2D eigenvalue weighted by molar-refractivity contribution is 0.101. The molecule has 8 nitrogen and oxygen atoms in total. The second kappa shape index (κ2) is 10.5. The summed E-state index contributed by atoms with van der Waals surface area (Å²) in [6.45, 7) is 3.01. The summed E-state index contributed by atoms with van der Waals surface area (Å²) in [6.07, 6.45) is 2.22. The van der Waals surface area contributed by atoms with Crippen molar-refractivity contribution < 1.29 is 14.3 Å². The van der Waals surface area contributed by atoms with E-state index in [-0.39, 0.29) is 5.82 Å². The Hall–Kier alpha value is -4.04. The van der Waals surface area contributed by atoms with Gasteiger partial charge in [0.25, 0.3) is 5.91 Å². The zero-order chi connectivity index (χ0) is 23.0. The Balaban J connectivity index is 1.46. The number of nitrogens with one attached hydrogen (secondary N) is 2. The van der Waals surface area contributed by atoms with Crippen molar-refractivity contribution in [1.82, 2.24) is 20.2 Å². The number of methoxy groups -OCH3 is 1. The van der Waals surface area contributed by atoms with Gasteiger partial charge in [0, 0.05) is 19.7 Å². The maximum Gasteiger partial charge on any atom is 0.294 e. The summed E-state index contributed by atoms with van der Waals surface area (Å²) in [7, 11) is 1.64. The zero-order valence-electron chi connectivity index (χ0n) is 18.5. The molecule has 0 bridgehead atoms. The number of hydrogen-bond donors (Lipinski definition) is 2. The van der Waals surface area contributed by atoms with E-state index >= 15 is 0 Å². The number of aromatic amines is 1. The van der Waals surface area contributed by atoms with Gasteiger partial charge in [-0.2, -0.15) is 0 Å². The average Bonchev–Trinajstić information content (AvgIpc) is 3.30. The molecule has 0 radical (unpaired) electrons. The second-order valence-electron chi connectivity index (χ2n) is 7.48. The van der Waals surface area contributed by atoms with Gasteiger partial charge >= 0.3 is 0 Å². The van der Waals surface area contributed by atoms with Gasteiger partial charge in [0.15, 0.2) is 0 Å². The van der Waals surface area contributed by atoms with Crippen molar-refractivity contribution in [2.45, 2.75) is 13.3 Å². The number of amides is 1. The summed E-state index contributed by atoms with van der Waals surface area (Å²) < 4.78 is 10.8. The molecule has 33 heavy (non-hydrogen) atoms. The molecular formula is C25H25N5O3. The molecule has 2 aromatic carbocycles. The standard InChI is InChI=1S/C25H25N5O3/c1-17-8-9-20(33-13-12-32-2)16-21(17)19-10-11-26-22(15-19)28-25(31)24-27-23(29-30-24)14-18-6-4-3-5-7-18/h3-11,15-16H,12-14H2,1-2H3,(H,26,28,31)(H,27,29,30). The van der Waals surface area contributed by atoms with Crippen LogP contribution in [0.25, 0.3) is 11.1 Å². The number of anilines is 1. The fourth-order valence-corrected chi connectivity index (χ4v) is 3.35. The third-order valence-corrected chi connectivity index (χ3v) is 5.04. The minimum Gasteiger partial charge on any atom is -0.491 e. The molecule has 0 spiro atoms. The molecule has 0 saturated carbocycles. The van der Waals surface area contributed by atoms with Crippen LogP contribution >= 0.6 is 0 Å². The fraction of sp³-hybridized carbons (Fsp3) is 0.200. The maximum atomic E-state index is 12.7. The smallest absolute Gasteiger partial charge is 0.294 e. The van der Waals surface area contributed by atoms with Crippen molar-refractivity contribution >= 4 is 11.7 Å². The van der Waals surface area contributed by atoms with Crippen molar-refractivity contribution in [3.8, 4) is 16.9 Å². The number of benzene rings is 2. The molecule has 0 aliphatic rings. The highest BCUT2D eigenvalue weighted by Gasteiger charge is 2.14. The molecule has 0 aliphatic carbocycles. The van der Waals surface area contributed by atoms with Crippen LogP contribution in [0.15, 0.2) is 66.9 Å². The van der Waals surface area contributed by atoms with E-state index in [9.17, 15) is 4.79 Å². The van der Waals surface area contributed by atoms with Crippen LogP contribution < -0.4 is 10.1 Å². The van der Waals surface area contributed by atoms with Crippen molar-refractivity contribution in [1.29, 1.82) is 0 Å². The van der Waals surface area contributed by atoms with Gasteiger partial charge in [-0.1, -0.05) is 36.4 Å². The summed E-state index contributed by atoms with van der Waals surface area (Å²) in [6, 6.07) is 19.5. The Bertz CT molecular complexity index is 1220. The summed E-state index contributed by atoms with van der Waals surface area (Å²) >= 11 is 0. The maximum absolute atomic E-state index is 12.7. The zero-order valence-corrected chi connectivity index (χ0v) is 18.5. The number of pyridine rings is 1. The predicted octanol–water partition coefficient (Wildman–Crippen LogP) is 4.04. The number of nitrogens with zero attached hydrogens (tertiary/aromatic N) is 3. The normalized spacial score (nSPS) is 10.7. The van der Waals surface area contributed by atoms with Crippen LogP contribution in [0.3, 0.4) is 0 Å². The van der Waals surface area contributed by atoms with Gasteiger partial charge in [-0.05, 0) is 53.4 Å². The van der Waals surface area contributed by atoms with Gasteiger partial charge in [0.05, 0.1) is 6.61 Å². The van der Waals surface area contributed by atoms with E-state index in [4.69, 9.17) is 9.47 Å². The molecule has 0 fully saturated rings. The topological polar surface area (TPSA) is 102 Å². The molecule has 0 atom stereocenters. The fourth-order valence-electron chi connectivity index (χ4n) is 3.35. The number of H-pyrrole nitrogens is 1. The molecule has 2 N–H and O–H groups in total. The number of rotatable bonds is 9. The quantitative estimate of drug-likeness (QED) is 0.379. The molecular weight excluding hydrogens is 418 g/mol. The Morgan fingerprint density at radius 2 is 1.88 bits per heavy atom. The van der Waals surface area contributed by atoms with Crippen molar-refractivity contribution in [3.63, 3.8) is 0 Å². The van der Waals surface area contributed by atoms with Gasteiger partial charge in [-0.15, -0.1) is 10.2 Å². The largest absolute Gasteiger partial charge is 0.491 e. The molecule has 8 heteroatoms. The van der Waals surface area contributed by atoms with Gasteiger partial charge in [0.1, 0.15) is 24.0 Å². The van der Waals surface area contributed by atoms with Crippen molar-refractivity contribution in [2.24, 2.45) is 0 Å². The highest BCUT2D eigenvalue weighted by atomic mass is 16.5. The lowest BCUT2D eigenvalue weighted by Crippen LogP contribution is -2.14. The van der Waals surface area contributed by atoms with Gasteiger partial charge < -0.3 is 19.8 Å². The number of hydrogen-bond acceptors (Lipinski definition) is 6. The van der Waals surface area contributed by atoms with Crippen LogP contribution in [0, 0.1) is 6.92 Å². The number of aromatic nitrogens is 4. The number of ether oxygens (including phenoxy) is 2. The molecule has 0 aliphatic heterocycles. The molecule has 4 aromatic rings. The first kappa shape index (κ1) is 22.2. The minimum atomic E-state index is -0.403. The van der Waals surface area contributed by atoms with E-state index in [1.54, 1.807) is 13.3 Å². The van der Waals surface area contributed by atoms with Crippen LogP contribution in [0.5, 0.6) is 5.75 Å². The predicted molar refractivity (Wildman–Crippen MR) is 125 cm³/mol. The summed E-state index contributed by atoms with van der Waals surface area (Å²) in [5.41, 5.74) is 4.07. The van der Waals surface area contributed by atoms with Crippen LogP contribution in [0.4, 0.5) is 5.82 Å². The molecule has 168 valence electrons. The van der Waals surface area contributed by atoms with E-state index in [1.165, 1.54) is 0 Å². The van der Waals surface area contributed by atoms with Crippen LogP contribution in [-0.4, -0.2) is 46.4 Å². The highest BCUT2D eigenvalue weighted by Crippen LogP contribution is 2.28. The van der Waals surface area contributed by atoms with Gasteiger partial charge in [0.2, 0.25) is 5.82 Å². The number of aryl methyl sites for hydroxylation is 1. The van der Waals surface area contributed by atoms with E-state index < -0.39 is 5.91 Å². The Kier molecular flexibility index (Phi) is 7.06. The molecule has 0 unspecified atom stereocenters. The van der Waals surface area contributed by atoms with Gasteiger partial charge in [-0.3, -0.25) is 4.79 Å². The van der Waals surface area contributed by atoms with Crippen molar-refractivity contribution in [3.05, 3.63) is 89.6 Å². The molecule has 1 amide bonds. The van der Waals surface area contributed by atoms with Crippen LogP contribution in [0.1, 0.15) is 27.6 Å². The third kappa shape index (κ3) is 5.81. The second-order valence-corrected chi connectivity index (χ2v) is 7.48. The average molecular weight is 444 g/mol. The van der Waals surface area contributed by atoms with Gasteiger partial charge in [-0.25, -0.2) is 4.98 Å². The van der Waals surface area contributed by atoms with Crippen molar-refractivity contribution in [2.75, 3.05) is 25.6 Å². The van der Waals surface area contributed by atoms with E-state index in [0.717, 1.165) is 28.0 Å². The molecule has 4 rings (SSSR count). The van der Waals surface area contributed by atoms with Crippen LogP contribution in [-0.2, 0) is 11.2 Å². The minimum absolute atomic E-state index is 0.137. The number of carbonyl (C=O) groups is 1. The highest BCUT2D eigenvalue weighted by molar-refractivity contribution is 6.01. The van der Waals surface area contributed by atoms with E-state index in [2.05, 4.69) is 25.5 Å². The molecule has 2 heterocycles. The summed E-state index contributed by atoms with van der Waals surface area (Å²) in [5, 5.41) is 10.8. The Morgan fingerprint density at radius 3 is 2.70 bits per heavy atom. The first-order valence-corrected chi connectivity index (χ1v) is 10.6. The molecule has 0 saturated heterocycles. The van der Waals surface area contributed by atoms with E-state index in [1.807, 2.05) is 67.6 Å². The molecule has 2 aromatic heterocycles. The first-order valence-electron chi connectivity index (χ1n) is 10.6. The first-order chi connectivity index (χ1) is 16.1. The Morgan fingerprint density at radius 1 is 1.03 bits per heavy atom. The summed E-state index contributed by atoms with van der Waals surface area (Å²) in [5.74, 6) is 1.53. The lowest BCUT2D eigenvalue weighted by Gasteiger charge is -2.11. The lowest BCUT2D eigenvalue weighted by atomic mass is 10.0. The SMILES string of the molecule is COCCOc1ccc(C)c(-c2ccnc(NC(=O)c3nnc(Cc4ccccc4)[nH]3)c2)c1. The van der Waals surface area contributed by atoms with Crippen LogP contribution in [0.2, 0.25) is 0 Å². The Labute approximate surface area is 192 Å². The summed E-state index contributed by atoms with van der Waals surface area (Å²) in [4.78, 5) is 19.9. The monoisotopic (exact) mass is 443 g/mol.